The third-order valence-electron chi connectivity index (χ3n) is 4.64. The van der Waals surface area contributed by atoms with Crippen molar-refractivity contribution in [3.8, 4) is 0 Å². The lowest BCUT2D eigenvalue weighted by molar-refractivity contribution is 0.0755. The lowest BCUT2D eigenvalue weighted by Crippen LogP contribution is -2.33. The van der Waals surface area contributed by atoms with Gasteiger partial charge in [-0.25, -0.2) is 0 Å². The molecular weight excluding hydrogens is 228 g/mol. The van der Waals surface area contributed by atoms with Gasteiger partial charge in [-0.05, 0) is 37.0 Å². The van der Waals surface area contributed by atoms with Crippen molar-refractivity contribution in [1.82, 2.24) is 15.1 Å². The lowest BCUT2D eigenvalue weighted by Gasteiger charge is -2.27. The Morgan fingerprint density at radius 2 is 2.39 bits per heavy atom. The number of aromatic nitrogens is 2. The molecule has 0 spiro atoms. The zero-order valence-corrected chi connectivity index (χ0v) is 10.7. The molecule has 2 bridgehead atoms. The average molecular weight is 248 g/mol. The highest BCUT2D eigenvalue weighted by Gasteiger charge is 2.40. The Balaban J connectivity index is 1.63. The summed E-state index contributed by atoms with van der Waals surface area (Å²) in [6.07, 6.45) is 6.93. The van der Waals surface area contributed by atoms with Crippen LogP contribution in [0.1, 0.15) is 36.0 Å². The van der Waals surface area contributed by atoms with Crippen molar-refractivity contribution in [2.45, 2.75) is 25.7 Å². The monoisotopic (exact) mass is 248 g/mol. The minimum absolute atomic E-state index is 0.0241. The molecule has 5 nitrogen and oxygen atoms in total. The summed E-state index contributed by atoms with van der Waals surface area (Å²) < 4.78 is 0. The van der Waals surface area contributed by atoms with Gasteiger partial charge in [0.25, 0.3) is 5.91 Å². The predicted octanol–water partition coefficient (Wildman–Crippen LogP) is 1.50. The molecule has 5 heteroatoms. The summed E-state index contributed by atoms with van der Waals surface area (Å²) in [6.45, 7) is 0.852. The van der Waals surface area contributed by atoms with Crippen molar-refractivity contribution in [1.29, 1.82) is 0 Å². The number of nitrogens with one attached hydrogen (secondary N) is 1. The van der Waals surface area contributed by atoms with Crippen LogP contribution < -0.4 is 5.73 Å². The topological polar surface area (TPSA) is 75.0 Å². The first-order valence-electron chi connectivity index (χ1n) is 6.69. The van der Waals surface area contributed by atoms with Gasteiger partial charge >= 0.3 is 0 Å². The second-order valence-electron chi connectivity index (χ2n) is 5.82. The summed E-state index contributed by atoms with van der Waals surface area (Å²) >= 11 is 0. The number of nitrogen functional groups attached to an aromatic ring is 1. The van der Waals surface area contributed by atoms with Crippen LogP contribution in [-0.4, -0.2) is 34.6 Å². The van der Waals surface area contributed by atoms with Crippen LogP contribution in [0.5, 0.6) is 0 Å². The lowest BCUT2D eigenvalue weighted by atomic mass is 9.88. The van der Waals surface area contributed by atoms with Crippen LogP contribution in [0.2, 0.25) is 0 Å². The van der Waals surface area contributed by atoms with Gasteiger partial charge in [0.05, 0.1) is 6.20 Å². The van der Waals surface area contributed by atoms with Gasteiger partial charge in [0.2, 0.25) is 0 Å². The van der Waals surface area contributed by atoms with E-state index in [0.717, 1.165) is 18.4 Å². The molecule has 0 aromatic carbocycles. The molecule has 0 saturated heterocycles. The normalized spacial score (nSPS) is 29.7. The third kappa shape index (κ3) is 1.87. The average Bonchev–Trinajstić information content (AvgIpc) is 3.04. The van der Waals surface area contributed by atoms with Crippen LogP contribution in [0.25, 0.3) is 0 Å². The van der Waals surface area contributed by atoms with E-state index in [2.05, 4.69) is 10.2 Å². The SMILES string of the molecule is CN(CC1CC2CCC1C2)C(=O)c1cn[nH]c1N. The Labute approximate surface area is 107 Å². The van der Waals surface area contributed by atoms with Crippen LogP contribution in [-0.2, 0) is 0 Å². The minimum atomic E-state index is -0.0241. The first-order chi connectivity index (χ1) is 8.65. The van der Waals surface area contributed by atoms with Crippen LogP contribution in [0.15, 0.2) is 6.20 Å². The van der Waals surface area contributed by atoms with Crippen molar-refractivity contribution < 1.29 is 4.79 Å². The van der Waals surface area contributed by atoms with E-state index >= 15 is 0 Å². The van der Waals surface area contributed by atoms with Crippen molar-refractivity contribution in [3.63, 3.8) is 0 Å². The van der Waals surface area contributed by atoms with Crippen LogP contribution in [0.3, 0.4) is 0 Å². The maximum atomic E-state index is 12.2. The molecular formula is C13H20N4O. The quantitative estimate of drug-likeness (QED) is 0.851. The standard InChI is InChI=1S/C13H20N4O/c1-17(13(18)11-6-15-16-12(11)14)7-10-5-8-2-3-9(10)4-8/h6,8-10H,2-5,7H2,1H3,(H3,14,15,16). The molecule has 2 aliphatic carbocycles. The van der Waals surface area contributed by atoms with Gasteiger partial charge in [-0.2, -0.15) is 5.10 Å². The number of anilines is 1. The van der Waals surface area contributed by atoms with Crippen LogP contribution in [0, 0.1) is 17.8 Å². The fourth-order valence-corrected chi connectivity index (χ4v) is 3.71. The molecule has 2 saturated carbocycles. The minimum Gasteiger partial charge on any atom is -0.383 e. The number of nitrogens with zero attached hydrogens (tertiary/aromatic N) is 2. The fraction of sp³-hybridized carbons (Fsp3) is 0.692. The molecule has 18 heavy (non-hydrogen) atoms. The number of carbonyl (C=O) groups is 1. The number of fused-ring (bicyclic) bond motifs is 2. The number of hydrogen-bond donors (Lipinski definition) is 2. The molecule has 3 unspecified atom stereocenters. The molecule has 0 radical (unpaired) electrons. The molecule has 98 valence electrons. The Morgan fingerprint density at radius 1 is 1.56 bits per heavy atom. The Bertz CT molecular complexity index is 456. The molecule has 1 amide bonds. The zero-order chi connectivity index (χ0) is 12.7. The van der Waals surface area contributed by atoms with E-state index in [1.807, 2.05) is 7.05 Å². The summed E-state index contributed by atoms with van der Waals surface area (Å²) in [5.74, 6) is 2.78. The van der Waals surface area contributed by atoms with Gasteiger partial charge in [0.15, 0.2) is 0 Å². The molecule has 1 aromatic rings. The van der Waals surface area contributed by atoms with Gasteiger partial charge in [0, 0.05) is 13.6 Å². The zero-order valence-electron chi connectivity index (χ0n) is 10.7. The number of carbonyl (C=O) groups excluding carboxylic acids is 1. The summed E-state index contributed by atoms with van der Waals surface area (Å²) in [4.78, 5) is 14.0. The van der Waals surface area contributed by atoms with Gasteiger partial charge in [0.1, 0.15) is 11.4 Å². The first kappa shape index (κ1) is 11.6. The Kier molecular flexibility index (Phi) is 2.76. The number of rotatable bonds is 3. The van der Waals surface area contributed by atoms with E-state index in [9.17, 15) is 4.79 Å². The second kappa shape index (κ2) is 4.30. The largest absolute Gasteiger partial charge is 0.383 e. The fourth-order valence-electron chi connectivity index (χ4n) is 3.71. The molecule has 0 aliphatic heterocycles. The molecule has 2 fully saturated rings. The van der Waals surface area contributed by atoms with Gasteiger partial charge in [-0.3, -0.25) is 9.89 Å². The summed E-state index contributed by atoms with van der Waals surface area (Å²) in [5.41, 5.74) is 6.17. The van der Waals surface area contributed by atoms with Crippen LogP contribution in [0.4, 0.5) is 5.82 Å². The molecule has 3 rings (SSSR count). The van der Waals surface area contributed by atoms with Crippen molar-refractivity contribution in [2.24, 2.45) is 17.8 Å². The van der Waals surface area contributed by atoms with E-state index < -0.39 is 0 Å². The van der Waals surface area contributed by atoms with E-state index in [4.69, 9.17) is 5.73 Å². The van der Waals surface area contributed by atoms with E-state index in [1.54, 1.807) is 4.90 Å². The number of nitrogens with two attached hydrogens (primary N) is 1. The number of hydrogen-bond acceptors (Lipinski definition) is 3. The van der Waals surface area contributed by atoms with E-state index in [-0.39, 0.29) is 5.91 Å². The number of aromatic amines is 1. The summed E-state index contributed by atoms with van der Waals surface area (Å²) in [5, 5.41) is 6.40. The maximum Gasteiger partial charge on any atom is 0.258 e. The first-order valence-corrected chi connectivity index (χ1v) is 6.69. The maximum absolute atomic E-state index is 12.2. The van der Waals surface area contributed by atoms with Gasteiger partial charge in [-0.1, -0.05) is 6.42 Å². The molecule has 3 atom stereocenters. The molecule has 3 N–H and O–H groups in total. The summed E-state index contributed by atoms with van der Waals surface area (Å²) in [7, 11) is 1.86. The van der Waals surface area contributed by atoms with E-state index in [0.29, 0.717) is 17.3 Å². The van der Waals surface area contributed by atoms with Crippen molar-refractivity contribution in [2.75, 3.05) is 19.3 Å². The number of H-pyrrole nitrogens is 1. The Hall–Kier alpha value is -1.52. The smallest absolute Gasteiger partial charge is 0.258 e. The predicted molar refractivity (Wildman–Crippen MR) is 68.9 cm³/mol. The Morgan fingerprint density at radius 3 is 2.94 bits per heavy atom. The highest BCUT2D eigenvalue weighted by atomic mass is 16.2. The molecule has 1 heterocycles. The molecule has 1 aromatic heterocycles. The van der Waals surface area contributed by atoms with Crippen LogP contribution >= 0.6 is 0 Å². The highest BCUT2D eigenvalue weighted by Crippen LogP contribution is 2.48. The van der Waals surface area contributed by atoms with Gasteiger partial charge < -0.3 is 10.6 Å². The number of amides is 1. The van der Waals surface area contributed by atoms with Crippen molar-refractivity contribution >= 4 is 11.7 Å². The van der Waals surface area contributed by atoms with Gasteiger partial charge in [-0.15, -0.1) is 0 Å². The second-order valence-corrected chi connectivity index (χ2v) is 5.82. The third-order valence-corrected chi connectivity index (χ3v) is 4.64. The van der Waals surface area contributed by atoms with E-state index in [1.165, 1.54) is 31.9 Å². The highest BCUT2D eigenvalue weighted by molar-refractivity contribution is 5.97. The summed E-state index contributed by atoms with van der Waals surface area (Å²) in [6, 6.07) is 0. The molecule has 2 aliphatic rings. The van der Waals surface area contributed by atoms with Crippen molar-refractivity contribution in [3.05, 3.63) is 11.8 Å².